The molecule has 0 bridgehead atoms. The molecule has 1 N–H and O–H groups in total. The summed E-state index contributed by atoms with van der Waals surface area (Å²) in [5, 5.41) is 3.59. The van der Waals surface area contributed by atoms with Gasteiger partial charge in [0, 0.05) is 16.1 Å². The number of nitrogens with one attached hydrogen (secondary N) is 1. The summed E-state index contributed by atoms with van der Waals surface area (Å²) in [5.41, 5.74) is 1.30. The predicted octanol–water partition coefficient (Wildman–Crippen LogP) is 3.66. The minimum atomic E-state index is 0.450. The third-order valence-corrected chi connectivity index (χ3v) is 3.38. The molecule has 1 aromatic rings. The molecule has 0 saturated carbocycles. The van der Waals surface area contributed by atoms with E-state index in [4.69, 9.17) is 4.74 Å². The Balaban J connectivity index is 2.22. The molecule has 2 rings (SSSR count). The lowest BCUT2D eigenvalue weighted by molar-refractivity contribution is 0.315. The molecule has 88 valence electrons. The Hall–Kier alpha value is -0.540. The zero-order valence-corrected chi connectivity index (χ0v) is 11.2. The van der Waals surface area contributed by atoms with Crippen molar-refractivity contribution in [2.45, 2.75) is 32.2 Å². The van der Waals surface area contributed by atoms with Crippen molar-refractivity contribution in [2.75, 3.05) is 13.2 Å². The molecule has 1 heterocycles. The third-order valence-electron chi connectivity index (χ3n) is 2.89. The molecule has 0 aromatic heterocycles. The summed E-state index contributed by atoms with van der Waals surface area (Å²) in [4.78, 5) is 0. The molecule has 1 aliphatic heterocycles. The van der Waals surface area contributed by atoms with E-state index in [9.17, 15) is 0 Å². The summed E-state index contributed by atoms with van der Waals surface area (Å²) in [7, 11) is 0. The second-order valence-electron chi connectivity index (χ2n) is 4.18. The van der Waals surface area contributed by atoms with E-state index in [2.05, 4.69) is 46.4 Å². The third kappa shape index (κ3) is 2.77. The average molecular weight is 284 g/mol. The van der Waals surface area contributed by atoms with E-state index in [0.29, 0.717) is 6.04 Å². The maximum atomic E-state index is 5.77. The fourth-order valence-corrected chi connectivity index (χ4v) is 2.42. The van der Waals surface area contributed by atoms with Crippen molar-refractivity contribution < 1.29 is 4.74 Å². The van der Waals surface area contributed by atoms with E-state index in [1.165, 1.54) is 12.0 Å². The highest BCUT2D eigenvalue weighted by Gasteiger charge is 2.18. The van der Waals surface area contributed by atoms with E-state index < -0.39 is 0 Å². The van der Waals surface area contributed by atoms with Gasteiger partial charge in [-0.05, 0) is 37.9 Å². The summed E-state index contributed by atoms with van der Waals surface area (Å²) in [6, 6.07) is 6.78. The molecule has 0 aliphatic carbocycles. The molecule has 0 spiro atoms. The fraction of sp³-hybridized carbons (Fsp3) is 0.538. The number of rotatable bonds is 3. The van der Waals surface area contributed by atoms with Crippen LogP contribution in [0.4, 0.5) is 0 Å². The van der Waals surface area contributed by atoms with Crippen molar-refractivity contribution in [1.29, 1.82) is 0 Å². The molecule has 0 amide bonds. The highest BCUT2D eigenvalue weighted by atomic mass is 79.9. The maximum absolute atomic E-state index is 5.77. The highest BCUT2D eigenvalue weighted by molar-refractivity contribution is 9.10. The van der Waals surface area contributed by atoms with Gasteiger partial charge in [-0.2, -0.15) is 0 Å². The molecule has 1 unspecified atom stereocenters. The molecule has 3 heteroatoms. The van der Waals surface area contributed by atoms with Gasteiger partial charge in [0.25, 0.3) is 0 Å². The minimum Gasteiger partial charge on any atom is -0.493 e. The lowest BCUT2D eigenvalue weighted by Crippen LogP contribution is -2.21. The average Bonchev–Trinajstić information content (AvgIpc) is 2.48. The first-order chi connectivity index (χ1) is 7.81. The molecule has 0 fully saturated rings. The Kier molecular flexibility index (Phi) is 4.24. The second-order valence-corrected chi connectivity index (χ2v) is 5.10. The van der Waals surface area contributed by atoms with Crippen LogP contribution in [0.2, 0.25) is 0 Å². The molecule has 1 atom stereocenters. The van der Waals surface area contributed by atoms with Gasteiger partial charge in [-0.25, -0.2) is 0 Å². The molecule has 1 aromatic carbocycles. The van der Waals surface area contributed by atoms with Crippen LogP contribution in [-0.2, 0) is 0 Å². The molecule has 1 aliphatic rings. The van der Waals surface area contributed by atoms with E-state index in [-0.39, 0.29) is 0 Å². The highest BCUT2D eigenvalue weighted by Crippen LogP contribution is 2.33. The summed E-state index contributed by atoms with van der Waals surface area (Å²) in [6.45, 7) is 4.09. The number of halogens is 1. The number of benzene rings is 1. The van der Waals surface area contributed by atoms with Crippen molar-refractivity contribution in [2.24, 2.45) is 0 Å². The molecule has 0 saturated heterocycles. The summed E-state index contributed by atoms with van der Waals surface area (Å²) in [6.07, 6.45) is 3.45. The van der Waals surface area contributed by atoms with E-state index >= 15 is 0 Å². The van der Waals surface area contributed by atoms with Crippen LogP contribution in [0, 0.1) is 0 Å². The van der Waals surface area contributed by atoms with Crippen molar-refractivity contribution in [3.63, 3.8) is 0 Å². The molecular formula is C13H18BrNO. The van der Waals surface area contributed by atoms with Crippen molar-refractivity contribution in [1.82, 2.24) is 5.32 Å². The maximum Gasteiger partial charge on any atom is 0.125 e. The Bertz CT molecular complexity index is 354. The lowest BCUT2D eigenvalue weighted by Gasteiger charge is -2.18. The molecule has 2 nitrogen and oxygen atoms in total. The normalized spacial score (nSPS) is 19.8. The first-order valence-corrected chi connectivity index (χ1v) is 6.76. The van der Waals surface area contributed by atoms with Gasteiger partial charge in [-0.1, -0.05) is 28.9 Å². The Morgan fingerprint density at radius 3 is 3.19 bits per heavy atom. The predicted molar refractivity (Wildman–Crippen MR) is 69.9 cm³/mol. The van der Waals surface area contributed by atoms with Crippen LogP contribution in [0.5, 0.6) is 5.75 Å². The van der Waals surface area contributed by atoms with Gasteiger partial charge >= 0.3 is 0 Å². The first kappa shape index (κ1) is 11.9. The SMILES string of the molecule is CCCNC1CCCOc2cc(Br)ccc21. The molecule has 16 heavy (non-hydrogen) atoms. The van der Waals surface area contributed by atoms with Crippen LogP contribution in [-0.4, -0.2) is 13.2 Å². The quantitative estimate of drug-likeness (QED) is 0.914. The smallest absolute Gasteiger partial charge is 0.125 e. The second kappa shape index (κ2) is 5.69. The summed E-state index contributed by atoms with van der Waals surface area (Å²) < 4.78 is 6.86. The Labute approximate surface area is 106 Å². The van der Waals surface area contributed by atoms with Gasteiger partial charge < -0.3 is 10.1 Å². The number of hydrogen-bond donors (Lipinski definition) is 1. The van der Waals surface area contributed by atoms with Crippen molar-refractivity contribution in [3.8, 4) is 5.75 Å². The van der Waals surface area contributed by atoms with Crippen LogP contribution in [0.15, 0.2) is 22.7 Å². The van der Waals surface area contributed by atoms with Crippen molar-refractivity contribution >= 4 is 15.9 Å². The summed E-state index contributed by atoms with van der Waals surface area (Å²) in [5.74, 6) is 1.03. The van der Waals surface area contributed by atoms with E-state index in [1.807, 2.05) is 0 Å². The monoisotopic (exact) mass is 283 g/mol. The van der Waals surface area contributed by atoms with Gasteiger partial charge in [0.2, 0.25) is 0 Å². The topological polar surface area (TPSA) is 21.3 Å². The van der Waals surface area contributed by atoms with Crippen LogP contribution in [0.1, 0.15) is 37.8 Å². The Morgan fingerprint density at radius 1 is 1.50 bits per heavy atom. The number of hydrogen-bond acceptors (Lipinski definition) is 2. The largest absolute Gasteiger partial charge is 0.493 e. The van der Waals surface area contributed by atoms with Gasteiger partial charge in [-0.3, -0.25) is 0 Å². The Morgan fingerprint density at radius 2 is 2.38 bits per heavy atom. The van der Waals surface area contributed by atoms with Gasteiger partial charge in [0.05, 0.1) is 6.61 Å². The zero-order valence-electron chi connectivity index (χ0n) is 9.63. The minimum absolute atomic E-state index is 0.450. The summed E-state index contributed by atoms with van der Waals surface area (Å²) >= 11 is 3.49. The van der Waals surface area contributed by atoms with Crippen LogP contribution >= 0.6 is 15.9 Å². The number of ether oxygens (including phenoxy) is 1. The lowest BCUT2D eigenvalue weighted by atomic mass is 10.0. The van der Waals surface area contributed by atoms with Gasteiger partial charge in [0.15, 0.2) is 0 Å². The standard InChI is InChI=1S/C13H18BrNO/c1-2-7-15-12-4-3-8-16-13-9-10(14)5-6-11(12)13/h5-6,9,12,15H,2-4,7-8H2,1H3. The van der Waals surface area contributed by atoms with E-state index in [0.717, 1.165) is 36.2 Å². The zero-order chi connectivity index (χ0) is 11.4. The van der Waals surface area contributed by atoms with Gasteiger partial charge in [0.1, 0.15) is 5.75 Å². The molecule has 0 radical (unpaired) electrons. The van der Waals surface area contributed by atoms with Crippen LogP contribution in [0.3, 0.4) is 0 Å². The van der Waals surface area contributed by atoms with E-state index in [1.54, 1.807) is 0 Å². The van der Waals surface area contributed by atoms with Crippen LogP contribution < -0.4 is 10.1 Å². The van der Waals surface area contributed by atoms with Crippen LogP contribution in [0.25, 0.3) is 0 Å². The fourth-order valence-electron chi connectivity index (χ4n) is 2.08. The van der Waals surface area contributed by atoms with Gasteiger partial charge in [-0.15, -0.1) is 0 Å². The first-order valence-electron chi connectivity index (χ1n) is 5.97. The molecular weight excluding hydrogens is 266 g/mol. The number of fused-ring (bicyclic) bond motifs is 1. The van der Waals surface area contributed by atoms with Crippen molar-refractivity contribution in [3.05, 3.63) is 28.2 Å².